The van der Waals surface area contributed by atoms with Crippen LogP contribution in [-0.2, 0) is 13.0 Å². The van der Waals surface area contributed by atoms with Crippen LogP contribution in [0.2, 0.25) is 0 Å². The molecule has 32 heavy (non-hydrogen) atoms. The predicted octanol–water partition coefficient (Wildman–Crippen LogP) is 2.40. The molecule has 0 amide bonds. The lowest BCUT2D eigenvalue weighted by molar-refractivity contribution is 0.109. The molecule has 3 heterocycles. The highest BCUT2D eigenvalue weighted by molar-refractivity contribution is 5.76. The highest BCUT2D eigenvalue weighted by atomic mass is 16.5. The van der Waals surface area contributed by atoms with Crippen molar-refractivity contribution in [2.45, 2.75) is 50.8 Å². The lowest BCUT2D eigenvalue weighted by Crippen LogP contribution is -2.32. The van der Waals surface area contributed by atoms with Crippen LogP contribution in [0.15, 0.2) is 24.5 Å². The maximum absolute atomic E-state index is 9.83. The molecule has 3 N–H and O–H groups in total. The number of rotatable bonds is 6. The minimum Gasteiger partial charge on any atom is -0.495 e. The molecule has 1 aromatic carbocycles. The second-order valence-electron chi connectivity index (χ2n) is 8.72. The number of aliphatic hydroxyl groups is 2. The quantitative estimate of drug-likeness (QED) is 0.538. The summed E-state index contributed by atoms with van der Waals surface area (Å²) in [5, 5.41) is 27.9. The topological polar surface area (TPSA) is 109 Å². The molecule has 5 rings (SSSR count). The average Bonchev–Trinajstić information content (AvgIpc) is 3.22. The molecule has 9 nitrogen and oxygen atoms in total. The summed E-state index contributed by atoms with van der Waals surface area (Å²) in [5.41, 5.74) is 4.12. The van der Waals surface area contributed by atoms with Crippen LogP contribution < -0.4 is 10.1 Å². The van der Waals surface area contributed by atoms with E-state index in [-0.39, 0.29) is 18.8 Å². The summed E-state index contributed by atoms with van der Waals surface area (Å²) in [6, 6.07) is 4.43. The molecular formula is C23H30N6O3. The van der Waals surface area contributed by atoms with E-state index in [1.807, 2.05) is 4.68 Å². The number of benzene rings is 1. The fourth-order valence-electron chi connectivity index (χ4n) is 4.83. The number of aromatic nitrogens is 4. The molecule has 3 aromatic rings. The molecule has 0 radical (unpaired) electrons. The van der Waals surface area contributed by atoms with Crippen LogP contribution in [0, 0.1) is 0 Å². The Labute approximate surface area is 187 Å². The SMILES string of the molecule is COc1cc2c(cc1Nc1ncc3cnn(C4CCC(O)CC4)c3n1)CN(CCO)CC2. The van der Waals surface area contributed by atoms with Crippen molar-refractivity contribution in [3.05, 3.63) is 35.7 Å². The Hall–Kier alpha value is -2.75. The number of hydrogen-bond acceptors (Lipinski definition) is 8. The molecule has 2 aromatic heterocycles. The van der Waals surface area contributed by atoms with Crippen LogP contribution in [0.25, 0.3) is 11.0 Å². The standard InChI is InChI=1S/C23H30N6O3/c1-32-21-11-15-6-7-28(8-9-30)14-16(15)10-20(21)26-23-24-12-17-13-25-29(22(17)27-23)18-2-4-19(31)5-3-18/h10-13,18-19,30-31H,2-9,14H2,1H3,(H,24,26,27). The molecule has 0 unspecified atom stereocenters. The van der Waals surface area contributed by atoms with Crippen molar-refractivity contribution in [1.82, 2.24) is 24.6 Å². The summed E-state index contributed by atoms with van der Waals surface area (Å²) in [7, 11) is 1.67. The minimum atomic E-state index is -0.204. The number of β-amino-alcohol motifs (C(OH)–C–C–N with tert-alkyl or cyclic N) is 1. The molecule has 2 aliphatic rings. The number of nitrogens with zero attached hydrogens (tertiary/aromatic N) is 5. The molecule has 1 fully saturated rings. The third-order valence-corrected chi connectivity index (χ3v) is 6.62. The molecule has 0 bridgehead atoms. The third-order valence-electron chi connectivity index (χ3n) is 6.62. The Morgan fingerprint density at radius 1 is 1.16 bits per heavy atom. The van der Waals surface area contributed by atoms with E-state index < -0.39 is 0 Å². The van der Waals surface area contributed by atoms with Crippen LogP contribution in [0.1, 0.15) is 42.9 Å². The van der Waals surface area contributed by atoms with Crippen molar-refractivity contribution in [2.75, 3.05) is 32.1 Å². The third kappa shape index (κ3) is 4.15. The fourth-order valence-corrected chi connectivity index (χ4v) is 4.83. The molecule has 9 heteroatoms. The summed E-state index contributed by atoms with van der Waals surface area (Å²) in [4.78, 5) is 11.5. The summed E-state index contributed by atoms with van der Waals surface area (Å²) in [6.45, 7) is 2.58. The number of ether oxygens (including phenoxy) is 1. The largest absolute Gasteiger partial charge is 0.495 e. The van der Waals surface area contributed by atoms with Crippen LogP contribution in [0.4, 0.5) is 11.6 Å². The number of methoxy groups -OCH3 is 1. The Morgan fingerprint density at radius 2 is 2.00 bits per heavy atom. The maximum Gasteiger partial charge on any atom is 0.229 e. The van der Waals surface area contributed by atoms with Crippen LogP contribution >= 0.6 is 0 Å². The van der Waals surface area contributed by atoms with Gasteiger partial charge in [-0.05, 0) is 55.4 Å². The Kier molecular flexibility index (Phi) is 5.95. The van der Waals surface area contributed by atoms with Crippen molar-refractivity contribution in [3.8, 4) is 5.75 Å². The zero-order chi connectivity index (χ0) is 22.1. The van der Waals surface area contributed by atoms with Crippen molar-refractivity contribution in [2.24, 2.45) is 0 Å². The van der Waals surface area contributed by atoms with Gasteiger partial charge in [-0.1, -0.05) is 0 Å². The summed E-state index contributed by atoms with van der Waals surface area (Å²) in [5.74, 6) is 1.26. The van der Waals surface area contributed by atoms with E-state index in [1.54, 1.807) is 19.5 Å². The van der Waals surface area contributed by atoms with Crippen molar-refractivity contribution < 1.29 is 14.9 Å². The number of fused-ring (bicyclic) bond motifs is 2. The van der Waals surface area contributed by atoms with E-state index in [0.717, 1.165) is 67.7 Å². The van der Waals surface area contributed by atoms with E-state index in [9.17, 15) is 10.2 Å². The van der Waals surface area contributed by atoms with Gasteiger partial charge in [0.15, 0.2) is 5.65 Å². The first kappa shape index (κ1) is 21.1. The molecule has 170 valence electrons. The van der Waals surface area contributed by atoms with Gasteiger partial charge in [0.1, 0.15) is 5.75 Å². The Balaban J connectivity index is 1.43. The minimum absolute atomic E-state index is 0.165. The van der Waals surface area contributed by atoms with Gasteiger partial charge in [0.25, 0.3) is 0 Å². The van der Waals surface area contributed by atoms with Crippen molar-refractivity contribution in [1.29, 1.82) is 0 Å². The molecule has 0 atom stereocenters. The monoisotopic (exact) mass is 438 g/mol. The van der Waals surface area contributed by atoms with Gasteiger partial charge in [0, 0.05) is 25.8 Å². The zero-order valence-corrected chi connectivity index (χ0v) is 18.4. The molecule has 0 spiro atoms. The number of aliphatic hydroxyl groups excluding tert-OH is 2. The smallest absolute Gasteiger partial charge is 0.229 e. The number of nitrogens with one attached hydrogen (secondary N) is 1. The Morgan fingerprint density at radius 3 is 2.78 bits per heavy atom. The van der Waals surface area contributed by atoms with Crippen LogP contribution in [-0.4, -0.2) is 67.8 Å². The summed E-state index contributed by atoms with van der Waals surface area (Å²) < 4.78 is 7.62. The first-order valence-corrected chi connectivity index (χ1v) is 11.3. The molecule has 1 aliphatic carbocycles. The molecular weight excluding hydrogens is 408 g/mol. The van der Waals surface area contributed by atoms with Gasteiger partial charge in [-0.2, -0.15) is 10.1 Å². The van der Waals surface area contributed by atoms with Gasteiger partial charge in [0.2, 0.25) is 5.95 Å². The predicted molar refractivity (Wildman–Crippen MR) is 121 cm³/mol. The van der Waals surface area contributed by atoms with E-state index in [1.165, 1.54) is 11.1 Å². The summed E-state index contributed by atoms with van der Waals surface area (Å²) >= 11 is 0. The first-order chi connectivity index (χ1) is 15.6. The van der Waals surface area contributed by atoms with Crippen LogP contribution in [0.5, 0.6) is 5.75 Å². The van der Waals surface area contributed by atoms with Gasteiger partial charge in [0.05, 0.1) is 43.1 Å². The molecule has 1 saturated carbocycles. The second-order valence-corrected chi connectivity index (χ2v) is 8.72. The lowest BCUT2D eigenvalue weighted by atomic mass is 9.93. The van der Waals surface area contributed by atoms with Gasteiger partial charge in [-0.25, -0.2) is 9.67 Å². The first-order valence-electron chi connectivity index (χ1n) is 11.3. The van der Waals surface area contributed by atoms with E-state index >= 15 is 0 Å². The van der Waals surface area contributed by atoms with Crippen molar-refractivity contribution >= 4 is 22.7 Å². The van der Waals surface area contributed by atoms with Gasteiger partial charge in [-0.3, -0.25) is 4.90 Å². The lowest BCUT2D eigenvalue weighted by Gasteiger charge is -2.29. The molecule has 0 saturated heterocycles. The van der Waals surface area contributed by atoms with Gasteiger partial charge >= 0.3 is 0 Å². The maximum atomic E-state index is 9.83. The highest BCUT2D eigenvalue weighted by Gasteiger charge is 2.24. The van der Waals surface area contributed by atoms with Gasteiger partial charge < -0.3 is 20.3 Å². The normalized spacial score (nSPS) is 21.5. The van der Waals surface area contributed by atoms with E-state index in [0.29, 0.717) is 12.5 Å². The van der Waals surface area contributed by atoms with E-state index in [4.69, 9.17) is 9.72 Å². The fraction of sp³-hybridized carbons (Fsp3) is 0.522. The number of hydrogen-bond donors (Lipinski definition) is 3. The Bertz CT molecular complexity index is 1090. The highest BCUT2D eigenvalue weighted by Crippen LogP contribution is 2.34. The van der Waals surface area contributed by atoms with E-state index in [2.05, 4.69) is 32.4 Å². The van der Waals surface area contributed by atoms with Crippen LogP contribution in [0.3, 0.4) is 0 Å². The number of anilines is 2. The molecule has 1 aliphatic heterocycles. The van der Waals surface area contributed by atoms with Gasteiger partial charge in [-0.15, -0.1) is 0 Å². The van der Waals surface area contributed by atoms with Crippen molar-refractivity contribution in [3.63, 3.8) is 0 Å². The summed E-state index contributed by atoms with van der Waals surface area (Å²) in [6.07, 6.45) is 7.71. The zero-order valence-electron chi connectivity index (χ0n) is 18.4. The average molecular weight is 439 g/mol. The second kappa shape index (κ2) is 9.01.